The Hall–Kier alpha value is -1.78. The van der Waals surface area contributed by atoms with Gasteiger partial charge in [0.25, 0.3) is 10.0 Å². The Balaban J connectivity index is 1.61. The number of imidazole rings is 1. The number of sulfonamides is 1. The smallest absolute Gasteiger partial charge is 0.260 e. The number of hydrogen-bond donors (Lipinski definition) is 2. The number of amides is 1. The summed E-state index contributed by atoms with van der Waals surface area (Å²) in [6.45, 7) is 0.449. The predicted octanol–water partition coefficient (Wildman–Crippen LogP) is 2.35. The number of nitrogens with zero attached hydrogens (tertiary/aromatic N) is 2. The van der Waals surface area contributed by atoms with E-state index < -0.39 is 15.8 Å². The van der Waals surface area contributed by atoms with Gasteiger partial charge in [-0.1, -0.05) is 15.9 Å². The van der Waals surface area contributed by atoms with E-state index in [0.29, 0.717) is 17.3 Å². The molecule has 0 spiro atoms. The fraction of sp³-hybridized carbons (Fsp3) is 0.333. The molecule has 0 saturated carbocycles. The summed E-state index contributed by atoms with van der Waals surface area (Å²) >= 11 is 3.16. The molecular formula is C15H16BrFN4O3S. The summed E-state index contributed by atoms with van der Waals surface area (Å²) in [7, 11) is -3.62. The molecule has 2 aromatic rings. The third-order valence-corrected chi connectivity index (χ3v) is 6.42. The summed E-state index contributed by atoms with van der Waals surface area (Å²) in [5.74, 6) is -1.20. The normalized spacial score (nSPS) is 16.7. The summed E-state index contributed by atoms with van der Waals surface area (Å²) in [5, 5.41) is 2.60. The molecule has 0 aliphatic carbocycles. The number of piperidine rings is 1. The van der Waals surface area contributed by atoms with Crippen LogP contribution < -0.4 is 5.32 Å². The van der Waals surface area contributed by atoms with Crippen molar-refractivity contribution >= 4 is 37.5 Å². The molecule has 0 radical (unpaired) electrons. The second-order valence-corrected chi connectivity index (χ2v) is 8.53. The highest BCUT2D eigenvalue weighted by molar-refractivity contribution is 9.10. The Morgan fingerprint density at radius 1 is 1.36 bits per heavy atom. The maximum atomic E-state index is 13.8. The lowest BCUT2D eigenvalue weighted by Crippen LogP contribution is -2.41. The Labute approximate surface area is 152 Å². The largest absolute Gasteiger partial charge is 0.335 e. The number of carbonyl (C=O) groups is 1. The number of aromatic amines is 1. The van der Waals surface area contributed by atoms with Crippen LogP contribution in [0.15, 0.2) is 40.2 Å². The number of rotatable bonds is 4. The molecule has 2 heterocycles. The average Bonchev–Trinajstić information content (AvgIpc) is 3.13. The molecule has 1 fully saturated rings. The lowest BCUT2D eigenvalue weighted by molar-refractivity contribution is -0.120. The Bertz CT molecular complexity index is 865. The number of aromatic nitrogens is 2. The second kappa shape index (κ2) is 7.22. The molecule has 0 unspecified atom stereocenters. The van der Waals surface area contributed by atoms with E-state index >= 15 is 0 Å². The summed E-state index contributed by atoms with van der Waals surface area (Å²) in [6.07, 6.45) is 3.30. The van der Waals surface area contributed by atoms with Crippen LogP contribution in [0.5, 0.6) is 0 Å². The van der Waals surface area contributed by atoms with Crippen molar-refractivity contribution < 1.29 is 17.6 Å². The first kappa shape index (κ1) is 18.0. The topological polar surface area (TPSA) is 95.2 Å². The van der Waals surface area contributed by atoms with Crippen molar-refractivity contribution in [3.63, 3.8) is 0 Å². The quantitative estimate of drug-likeness (QED) is 0.777. The maximum Gasteiger partial charge on any atom is 0.260 e. The van der Waals surface area contributed by atoms with Gasteiger partial charge in [0.15, 0.2) is 5.03 Å². The van der Waals surface area contributed by atoms with E-state index in [1.807, 2.05) is 0 Å². The van der Waals surface area contributed by atoms with Crippen LogP contribution in [0.2, 0.25) is 0 Å². The highest BCUT2D eigenvalue weighted by atomic mass is 79.9. The van der Waals surface area contributed by atoms with Crippen LogP contribution in [0.25, 0.3) is 0 Å². The van der Waals surface area contributed by atoms with E-state index in [9.17, 15) is 17.6 Å². The van der Waals surface area contributed by atoms with Crippen LogP contribution in [-0.4, -0.2) is 41.7 Å². The van der Waals surface area contributed by atoms with E-state index in [4.69, 9.17) is 0 Å². The molecule has 3 rings (SSSR count). The van der Waals surface area contributed by atoms with Crippen molar-refractivity contribution in [2.45, 2.75) is 17.9 Å². The average molecular weight is 431 g/mol. The number of benzene rings is 1. The highest BCUT2D eigenvalue weighted by Crippen LogP contribution is 2.25. The molecule has 0 atom stereocenters. The van der Waals surface area contributed by atoms with E-state index in [-0.39, 0.29) is 35.6 Å². The van der Waals surface area contributed by atoms with Crippen molar-refractivity contribution in [3.05, 3.63) is 41.0 Å². The zero-order chi connectivity index (χ0) is 18.0. The van der Waals surface area contributed by atoms with Crippen LogP contribution in [0.3, 0.4) is 0 Å². The lowest BCUT2D eigenvalue weighted by Gasteiger charge is -2.30. The van der Waals surface area contributed by atoms with Gasteiger partial charge in [-0.3, -0.25) is 4.79 Å². The molecule has 2 N–H and O–H groups in total. The first-order valence-corrected chi connectivity index (χ1v) is 9.85. The summed E-state index contributed by atoms with van der Waals surface area (Å²) in [6, 6.07) is 4.39. The van der Waals surface area contributed by atoms with E-state index in [1.165, 1.54) is 29.0 Å². The molecule has 0 bridgehead atoms. The number of carbonyl (C=O) groups excluding carboxylic acids is 1. The van der Waals surface area contributed by atoms with E-state index in [0.717, 1.165) is 0 Å². The molecule has 1 aliphatic heterocycles. The van der Waals surface area contributed by atoms with Gasteiger partial charge in [-0.05, 0) is 31.0 Å². The molecule has 1 saturated heterocycles. The van der Waals surface area contributed by atoms with Crippen molar-refractivity contribution in [2.75, 3.05) is 18.4 Å². The van der Waals surface area contributed by atoms with Gasteiger partial charge < -0.3 is 10.3 Å². The minimum atomic E-state index is -3.62. The molecule has 1 aromatic carbocycles. The van der Waals surface area contributed by atoms with Gasteiger partial charge >= 0.3 is 0 Å². The Morgan fingerprint density at radius 2 is 2.08 bits per heavy atom. The van der Waals surface area contributed by atoms with Gasteiger partial charge in [-0.25, -0.2) is 17.8 Å². The maximum absolute atomic E-state index is 13.8. The first-order chi connectivity index (χ1) is 11.9. The zero-order valence-corrected chi connectivity index (χ0v) is 15.5. The van der Waals surface area contributed by atoms with E-state index in [1.54, 1.807) is 6.07 Å². The molecule has 1 aromatic heterocycles. The van der Waals surface area contributed by atoms with Gasteiger partial charge in [-0.15, -0.1) is 0 Å². The van der Waals surface area contributed by atoms with Gasteiger partial charge in [0.1, 0.15) is 5.82 Å². The standard InChI is InChI=1S/C15H16BrFN4O3S/c16-11-1-2-13(12(17)7-11)20-15(22)10-3-5-21(6-4-10)25(23,24)14-8-18-9-19-14/h1-2,7-10H,3-6H2,(H,18,19)(H,20,22). The van der Waals surface area contributed by atoms with Crippen LogP contribution >= 0.6 is 15.9 Å². The molecule has 7 nitrogen and oxygen atoms in total. The lowest BCUT2D eigenvalue weighted by atomic mass is 9.97. The number of hydrogen-bond acceptors (Lipinski definition) is 4. The van der Waals surface area contributed by atoms with Crippen LogP contribution in [0.4, 0.5) is 10.1 Å². The second-order valence-electron chi connectivity index (χ2n) is 5.71. The SMILES string of the molecule is O=C(Nc1ccc(Br)cc1F)C1CCN(S(=O)(=O)c2cnc[nH]2)CC1. The summed E-state index contributed by atoms with van der Waals surface area (Å²) < 4.78 is 40.5. The van der Waals surface area contributed by atoms with Gasteiger partial charge in [0.2, 0.25) is 5.91 Å². The number of anilines is 1. The molecule has 1 amide bonds. The third kappa shape index (κ3) is 3.91. The fourth-order valence-corrected chi connectivity index (χ4v) is 4.41. The first-order valence-electron chi connectivity index (χ1n) is 7.62. The Morgan fingerprint density at radius 3 is 2.68 bits per heavy atom. The zero-order valence-electron chi connectivity index (χ0n) is 13.1. The fourth-order valence-electron chi connectivity index (χ4n) is 2.71. The van der Waals surface area contributed by atoms with Crippen LogP contribution in [0, 0.1) is 11.7 Å². The number of nitrogens with one attached hydrogen (secondary N) is 2. The third-order valence-electron chi connectivity index (χ3n) is 4.10. The summed E-state index contributed by atoms with van der Waals surface area (Å²) in [4.78, 5) is 18.6. The summed E-state index contributed by atoms with van der Waals surface area (Å²) in [5.41, 5.74) is 0.112. The van der Waals surface area contributed by atoms with Crippen molar-refractivity contribution in [3.8, 4) is 0 Å². The minimum absolute atomic E-state index is 0.0346. The number of halogens is 2. The molecule has 10 heteroatoms. The van der Waals surface area contributed by atoms with Gasteiger partial charge in [-0.2, -0.15) is 4.31 Å². The van der Waals surface area contributed by atoms with Gasteiger partial charge in [0.05, 0.1) is 18.2 Å². The van der Waals surface area contributed by atoms with Crippen LogP contribution in [-0.2, 0) is 14.8 Å². The van der Waals surface area contributed by atoms with E-state index in [2.05, 4.69) is 31.2 Å². The number of H-pyrrole nitrogens is 1. The van der Waals surface area contributed by atoms with Crippen molar-refractivity contribution in [1.29, 1.82) is 0 Å². The molecule has 1 aliphatic rings. The molecule has 25 heavy (non-hydrogen) atoms. The van der Waals surface area contributed by atoms with Gasteiger partial charge in [0, 0.05) is 23.5 Å². The predicted molar refractivity (Wildman–Crippen MR) is 92.8 cm³/mol. The molecular weight excluding hydrogens is 415 g/mol. The monoisotopic (exact) mass is 430 g/mol. The van der Waals surface area contributed by atoms with Crippen LogP contribution in [0.1, 0.15) is 12.8 Å². The van der Waals surface area contributed by atoms with Crippen molar-refractivity contribution in [1.82, 2.24) is 14.3 Å². The highest BCUT2D eigenvalue weighted by Gasteiger charge is 2.33. The molecule has 134 valence electrons. The van der Waals surface area contributed by atoms with Crippen molar-refractivity contribution in [2.24, 2.45) is 5.92 Å². The minimum Gasteiger partial charge on any atom is -0.335 e. The Kier molecular flexibility index (Phi) is 5.21.